The number of likely N-dealkylation sites (tertiary alicyclic amines) is 1. The van der Waals surface area contributed by atoms with Crippen LogP contribution in [0.5, 0.6) is 23.0 Å². The molecule has 1 aliphatic rings. The molecule has 0 saturated carbocycles. The fourth-order valence-electron chi connectivity index (χ4n) is 4.37. The number of benzene rings is 2. The van der Waals surface area contributed by atoms with E-state index in [1.54, 1.807) is 20.4 Å². The van der Waals surface area contributed by atoms with Crippen LogP contribution in [0, 0.1) is 13.8 Å². The average molecular weight is 495 g/mol. The Labute approximate surface area is 212 Å². The molecule has 35 heavy (non-hydrogen) atoms. The molecule has 8 heteroatoms. The zero-order chi connectivity index (χ0) is 24.8. The summed E-state index contributed by atoms with van der Waals surface area (Å²) in [6, 6.07) is 9.57. The minimum Gasteiger partial charge on any atom is -0.493 e. The molecule has 0 aliphatic carbocycles. The lowest BCUT2D eigenvalue weighted by atomic mass is 10.1. The Morgan fingerprint density at radius 1 is 0.943 bits per heavy atom. The highest BCUT2D eigenvalue weighted by Gasteiger charge is 2.14. The molecule has 1 saturated heterocycles. The number of thiocarbonyl (C=S) groups is 1. The predicted octanol–water partition coefficient (Wildman–Crippen LogP) is 5.43. The van der Waals surface area contributed by atoms with Crippen molar-refractivity contribution in [1.29, 1.82) is 0 Å². The first kappa shape index (κ1) is 25.0. The first-order valence-electron chi connectivity index (χ1n) is 12.1. The number of piperidine rings is 1. The highest BCUT2D eigenvalue weighted by molar-refractivity contribution is 7.80. The number of ether oxygens (including phenoxy) is 3. The lowest BCUT2D eigenvalue weighted by molar-refractivity contribution is 0.232. The van der Waals surface area contributed by atoms with Crippen LogP contribution >= 0.6 is 12.2 Å². The van der Waals surface area contributed by atoms with Crippen LogP contribution in [0.4, 0.5) is 5.69 Å². The third-order valence-electron chi connectivity index (χ3n) is 6.57. The lowest BCUT2D eigenvalue weighted by Gasteiger charge is -2.26. The Bertz CT molecular complexity index is 1190. The maximum Gasteiger partial charge on any atom is 0.170 e. The number of nitrogens with zero attached hydrogens (tertiary/aromatic N) is 2. The minimum absolute atomic E-state index is 0.631. The number of hydrogen-bond donors (Lipinski definition) is 2. The van der Waals surface area contributed by atoms with E-state index >= 15 is 0 Å². The third-order valence-corrected chi connectivity index (χ3v) is 6.82. The van der Waals surface area contributed by atoms with Crippen molar-refractivity contribution in [3.63, 3.8) is 0 Å². The maximum atomic E-state index is 6.35. The van der Waals surface area contributed by atoms with E-state index in [9.17, 15) is 0 Å². The Kier molecular flexibility index (Phi) is 8.25. The van der Waals surface area contributed by atoms with Gasteiger partial charge in [0.1, 0.15) is 11.5 Å². The number of rotatable bonds is 8. The van der Waals surface area contributed by atoms with Crippen LogP contribution in [0.2, 0.25) is 0 Å². The van der Waals surface area contributed by atoms with Gasteiger partial charge in [-0.2, -0.15) is 0 Å². The Balaban J connectivity index is 1.45. The van der Waals surface area contributed by atoms with Crippen LogP contribution in [0.15, 0.2) is 36.5 Å². The number of anilines is 1. The molecule has 186 valence electrons. The van der Waals surface area contributed by atoms with Gasteiger partial charge in [-0.05, 0) is 87.4 Å². The van der Waals surface area contributed by atoms with Crippen molar-refractivity contribution in [2.75, 3.05) is 45.7 Å². The van der Waals surface area contributed by atoms with E-state index in [0.29, 0.717) is 22.4 Å². The highest BCUT2D eigenvalue weighted by atomic mass is 32.1. The van der Waals surface area contributed by atoms with E-state index in [1.807, 2.05) is 30.3 Å². The SMILES string of the molecule is COc1cc2nccc(Oc3ccc(NC(=S)NCCN4CCCCC4)c(C)c3C)c2cc1OC. The molecular weight excluding hydrogens is 460 g/mol. The van der Waals surface area contributed by atoms with Crippen molar-refractivity contribution in [2.24, 2.45) is 0 Å². The number of methoxy groups -OCH3 is 2. The van der Waals surface area contributed by atoms with Crippen LogP contribution in [-0.2, 0) is 0 Å². The minimum atomic E-state index is 0.631. The van der Waals surface area contributed by atoms with Gasteiger partial charge < -0.3 is 29.7 Å². The van der Waals surface area contributed by atoms with Gasteiger partial charge in [-0.25, -0.2) is 0 Å². The van der Waals surface area contributed by atoms with Crippen LogP contribution in [0.1, 0.15) is 30.4 Å². The van der Waals surface area contributed by atoms with Gasteiger partial charge >= 0.3 is 0 Å². The Morgan fingerprint density at radius 3 is 2.43 bits per heavy atom. The van der Waals surface area contributed by atoms with Gasteiger partial charge in [0.15, 0.2) is 16.6 Å². The molecular formula is C27H34N4O3S. The zero-order valence-corrected chi connectivity index (χ0v) is 21.8. The Morgan fingerprint density at radius 2 is 1.69 bits per heavy atom. The fraction of sp³-hybridized carbons (Fsp3) is 0.407. The molecule has 0 radical (unpaired) electrons. The summed E-state index contributed by atoms with van der Waals surface area (Å²) in [4.78, 5) is 6.95. The summed E-state index contributed by atoms with van der Waals surface area (Å²) in [6.45, 7) is 8.36. The second-order valence-corrected chi connectivity index (χ2v) is 9.19. The number of fused-ring (bicyclic) bond motifs is 1. The number of nitrogens with one attached hydrogen (secondary N) is 2. The molecule has 0 amide bonds. The van der Waals surface area contributed by atoms with E-state index in [4.69, 9.17) is 26.4 Å². The summed E-state index contributed by atoms with van der Waals surface area (Å²) in [5.74, 6) is 2.74. The topological polar surface area (TPSA) is 67.9 Å². The fourth-order valence-corrected chi connectivity index (χ4v) is 4.59. The summed E-state index contributed by atoms with van der Waals surface area (Å²) in [7, 11) is 3.23. The van der Waals surface area contributed by atoms with Gasteiger partial charge in [0.2, 0.25) is 0 Å². The molecule has 1 fully saturated rings. The number of aromatic nitrogens is 1. The van der Waals surface area contributed by atoms with Crippen LogP contribution in [-0.4, -0.2) is 55.4 Å². The van der Waals surface area contributed by atoms with Crippen LogP contribution < -0.4 is 24.8 Å². The van der Waals surface area contributed by atoms with Gasteiger partial charge in [-0.3, -0.25) is 4.98 Å². The first-order valence-corrected chi connectivity index (χ1v) is 12.5. The molecule has 2 heterocycles. The van der Waals surface area contributed by atoms with Crippen molar-refractivity contribution in [3.8, 4) is 23.0 Å². The molecule has 2 aromatic carbocycles. The average Bonchev–Trinajstić information content (AvgIpc) is 2.88. The van der Waals surface area contributed by atoms with Gasteiger partial charge in [0.05, 0.1) is 19.7 Å². The van der Waals surface area contributed by atoms with Gasteiger partial charge in [-0.1, -0.05) is 6.42 Å². The van der Waals surface area contributed by atoms with E-state index < -0.39 is 0 Å². The second-order valence-electron chi connectivity index (χ2n) is 8.78. The summed E-state index contributed by atoms with van der Waals surface area (Å²) >= 11 is 5.54. The van der Waals surface area contributed by atoms with Gasteiger partial charge in [0.25, 0.3) is 0 Å². The molecule has 4 rings (SSSR count). The molecule has 3 aromatic rings. The molecule has 0 unspecified atom stereocenters. The molecule has 2 N–H and O–H groups in total. The maximum absolute atomic E-state index is 6.35. The standard InChI is InChI=1S/C27H34N4O3S/c1-18-19(2)23(9-8-21(18)30-27(35)29-12-15-31-13-6-5-7-14-31)34-24-10-11-28-22-17-26(33-4)25(32-3)16-20(22)24/h8-11,16-17H,5-7,12-15H2,1-4H3,(H2,29,30,35). The second kappa shape index (κ2) is 11.6. The smallest absolute Gasteiger partial charge is 0.170 e. The zero-order valence-electron chi connectivity index (χ0n) is 20.9. The third kappa shape index (κ3) is 5.94. The van der Waals surface area contributed by atoms with Crippen molar-refractivity contribution >= 4 is 33.9 Å². The molecule has 0 bridgehead atoms. The van der Waals surface area contributed by atoms with Crippen molar-refractivity contribution in [1.82, 2.24) is 15.2 Å². The quantitative estimate of drug-likeness (QED) is 0.402. The van der Waals surface area contributed by atoms with Crippen LogP contribution in [0.25, 0.3) is 10.9 Å². The summed E-state index contributed by atoms with van der Waals surface area (Å²) < 4.78 is 17.2. The van der Waals surface area contributed by atoms with E-state index in [2.05, 4.69) is 34.4 Å². The molecule has 1 aliphatic heterocycles. The van der Waals surface area contributed by atoms with Gasteiger partial charge in [-0.15, -0.1) is 0 Å². The summed E-state index contributed by atoms with van der Waals surface area (Å²) in [5.41, 5.74) is 3.86. The molecule has 0 atom stereocenters. The summed E-state index contributed by atoms with van der Waals surface area (Å²) in [5, 5.41) is 8.17. The lowest BCUT2D eigenvalue weighted by Crippen LogP contribution is -2.39. The van der Waals surface area contributed by atoms with Crippen molar-refractivity contribution in [3.05, 3.63) is 47.7 Å². The normalized spacial score (nSPS) is 13.9. The first-order chi connectivity index (χ1) is 17.0. The molecule has 7 nitrogen and oxygen atoms in total. The van der Waals surface area contributed by atoms with Gasteiger partial charge in [0, 0.05) is 36.4 Å². The summed E-state index contributed by atoms with van der Waals surface area (Å²) in [6.07, 6.45) is 5.68. The van der Waals surface area contributed by atoms with Crippen molar-refractivity contribution in [2.45, 2.75) is 33.1 Å². The van der Waals surface area contributed by atoms with E-state index in [0.717, 1.165) is 46.6 Å². The van der Waals surface area contributed by atoms with E-state index in [-0.39, 0.29) is 0 Å². The number of hydrogen-bond acceptors (Lipinski definition) is 6. The molecule has 0 spiro atoms. The van der Waals surface area contributed by atoms with Crippen LogP contribution in [0.3, 0.4) is 0 Å². The highest BCUT2D eigenvalue weighted by Crippen LogP contribution is 2.38. The number of pyridine rings is 1. The largest absolute Gasteiger partial charge is 0.493 e. The Hall–Kier alpha value is -3.10. The van der Waals surface area contributed by atoms with Crippen molar-refractivity contribution < 1.29 is 14.2 Å². The van der Waals surface area contributed by atoms with E-state index in [1.165, 1.54) is 32.4 Å². The molecule has 1 aromatic heterocycles. The monoisotopic (exact) mass is 494 g/mol. The predicted molar refractivity (Wildman–Crippen MR) is 145 cm³/mol.